The molecule has 2 N–H and O–H groups in total. The summed E-state index contributed by atoms with van der Waals surface area (Å²) in [5, 5.41) is 2.96. The monoisotopic (exact) mass is 144 g/mol. The van der Waals surface area contributed by atoms with Crippen LogP contribution in [0.15, 0.2) is 5.18 Å². The highest BCUT2D eigenvalue weighted by atomic mass is 16.5. The fourth-order valence-corrected chi connectivity index (χ4v) is 1.12. The molecular weight excluding hydrogens is 132 g/mol. The van der Waals surface area contributed by atoms with Gasteiger partial charge in [0.05, 0.1) is 12.1 Å². The van der Waals surface area contributed by atoms with E-state index in [4.69, 9.17) is 10.5 Å². The Labute approximate surface area is 59.7 Å². The van der Waals surface area contributed by atoms with Crippen LogP contribution in [0.1, 0.15) is 12.8 Å². The summed E-state index contributed by atoms with van der Waals surface area (Å²) >= 11 is 0. The Morgan fingerprint density at radius 2 is 2.50 bits per heavy atom. The number of nitroso groups, excluding NO2 is 1. The van der Waals surface area contributed by atoms with Crippen LogP contribution < -0.4 is 5.73 Å². The van der Waals surface area contributed by atoms with Crippen LogP contribution in [0.25, 0.3) is 0 Å². The molecule has 0 aliphatic carbocycles. The van der Waals surface area contributed by atoms with E-state index in [1.54, 1.807) is 0 Å². The van der Waals surface area contributed by atoms with Crippen molar-refractivity contribution < 1.29 is 4.74 Å². The van der Waals surface area contributed by atoms with E-state index in [-0.39, 0.29) is 12.1 Å². The van der Waals surface area contributed by atoms with Gasteiger partial charge in [-0.1, -0.05) is 5.18 Å². The topological polar surface area (TPSA) is 64.7 Å². The summed E-state index contributed by atoms with van der Waals surface area (Å²) in [6, 6.07) is -0.0673. The zero-order valence-corrected chi connectivity index (χ0v) is 5.82. The number of hydrogen-bond acceptors (Lipinski definition) is 4. The van der Waals surface area contributed by atoms with Gasteiger partial charge < -0.3 is 10.5 Å². The van der Waals surface area contributed by atoms with E-state index in [0.29, 0.717) is 19.6 Å². The Morgan fingerprint density at radius 3 is 3.10 bits per heavy atom. The van der Waals surface area contributed by atoms with Gasteiger partial charge in [0.1, 0.15) is 0 Å². The van der Waals surface area contributed by atoms with E-state index in [0.717, 1.165) is 6.42 Å². The van der Waals surface area contributed by atoms with Crippen LogP contribution in [0.5, 0.6) is 0 Å². The lowest BCUT2D eigenvalue weighted by Crippen LogP contribution is -2.33. The van der Waals surface area contributed by atoms with Crippen molar-refractivity contribution in [3.63, 3.8) is 0 Å². The van der Waals surface area contributed by atoms with Gasteiger partial charge in [0, 0.05) is 19.6 Å². The van der Waals surface area contributed by atoms with Gasteiger partial charge in [-0.05, 0) is 6.42 Å². The molecule has 4 heteroatoms. The van der Waals surface area contributed by atoms with Gasteiger partial charge in [-0.15, -0.1) is 0 Å². The molecule has 1 aliphatic heterocycles. The van der Waals surface area contributed by atoms with E-state index in [9.17, 15) is 4.91 Å². The minimum Gasteiger partial charge on any atom is -0.377 e. The molecule has 1 rings (SSSR count). The molecule has 0 bridgehead atoms. The normalized spacial score (nSPS) is 33.7. The minimum atomic E-state index is -0.0673. The zero-order chi connectivity index (χ0) is 7.40. The third kappa shape index (κ3) is 1.75. The maximum absolute atomic E-state index is 10.1. The first kappa shape index (κ1) is 7.63. The van der Waals surface area contributed by atoms with Gasteiger partial charge in [-0.3, -0.25) is 0 Å². The molecule has 1 heterocycles. The van der Waals surface area contributed by atoms with E-state index in [1.807, 2.05) is 0 Å². The number of ether oxygens (including phenoxy) is 1. The summed E-state index contributed by atoms with van der Waals surface area (Å²) < 4.78 is 5.24. The SMILES string of the molecule is NC[C@@H]1C[C@H](N=O)CCO1. The average Bonchev–Trinajstić information content (AvgIpc) is 2.05. The lowest BCUT2D eigenvalue weighted by Gasteiger charge is -2.23. The van der Waals surface area contributed by atoms with Crippen LogP contribution in [0.3, 0.4) is 0 Å². The highest BCUT2D eigenvalue weighted by molar-refractivity contribution is 4.76. The van der Waals surface area contributed by atoms with Gasteiger partial charge in [0.2, 0.25) is 0 Å². The third-order valence-corrected chi connectivity index (χ3v) is 1.75. The number of nitrogens with two attached hydrogens (primary N) is 1. The zero-order valence-electron chi connectivity index (χ0n) is 5.82. The quantitative estimate of drug-likeness (QED) is 0.565. The molecule has 0 aromatic rings. The molecule has 0 radical (unpaired) electrons. The van der Waals surface area contributed by atoms with Crippen molar-refractivity contribution in [2.75, 3.05) is 13.2 Å². The molecule has 10 heavy (non-hydrogen) atoms. The summed E-state index contributed by atoms with van der Waals surface area (Å²) in [5.74, 6) is 0. The number of hydrogen-bond donors (Lipinski definition) is 1. The minimum absolute atomic E-state index is 0.0523. The molecule has 1 fully saturated rings. The highest BCUT2D eigenvalue weighted by Crippen LogP contribution is 2.15. The molecule has 4 nitrogen and oxygen atoms in total. The maximum atomic E-state index is 10.1. The third-order valence-electron chi connectivity index (χ3n) is 1.75. The van der Waals surface area contributed by atoms with Crippen molar-refractivity contribution in [2.45, 2.75) is 25.0 Å². The summed E-state index contributed by atoms with van der Waals surface area (Å²) in [7, 11) is 0. The van der Waals surface area contributed by atoms with Crippen molar-refractivity contribution in [1.29, 1.82) is 0 Å². The predicted octanol–water partition coefficient (Wildman–Crippen LogP) is 0.259. The fraction of sp³-hybridized carbons (Fsp3) is 1.00. The van der Waals surface area contributed by atoms with Crippen LogP contribution in [-0.4, -0.2) is 25.3 Å². The standard InChI is InChI=1S/C6H12N2O2/c7-4-6-3-5(8-9)1-2-10-6/h5-6H,1-4,7H2/t5-,6+/m1/s1. The largest absolute Gasteiger partial charge is 0.377 e. The number of rotatable bonds is 2. The molecule has 58 valence electrons. The van der Waals surface area contributed by atoms with Crippen molar-refractivity contribution in [2.24, 2.45) is 10.9 Å². The van der Waals surface area contributed by atoms with Crippen LogP contribution >= 0.6 is 0 Å². The second-order valence-electron chi connectivity index (χ2n) is 2.51. The summed E-state index contributed by atoms with van der Waals surface area (Å²) in [6.45, 7) is 1.12. The van der Waals surface area contributed by atoms with E-state index in [1.165, 1.54) is 0 Å². The smallest absolute Gasteiger partial charge is 0.0966 e. The van der Waals surface area contributed by atoms with Crippen LogP contribution in [0, 0.1) is 4.91 Å². The molecule has 1 aliphatic rings. The first-order valence-electron chi connectivity index (χ1n) is 3.51. The predicted molar refractivity (Wildman–Crippen MR) is 37.6 cm³/mol. The highest BCUT2D eigenvalue weighted by Gasteiger charge is 2.21. The van der Waals surface area contributed by atoms with Crippen molar-refractivity contribution in [1.82, 2.24) is 0 Å². The molecule has 0 spiro atoms. The molecular formula is C6H12N2O2. The molecule has 0 unspecified atom stereocenters. The van der Waals surface area contributed by atoms with E-state index in [2.05, 4.69) is 5.18 Å². The van der Waals surface area contributed by atoms with Gasteiger partial charge in [-0.25, -0.2) is 0 Å². The molecule has 0 aromatic carbocycles. The second kappa shape index (κ2) is 3.63. The van der Waals surface area contributed by atoms with Gasteiger partial charge in [-0.2, -0.15) is 4.91 Å². The Balaban J connectivity index is 2.31. The van der Waals surface area contributed by atoms with Crippen LogP contribution in [-0.2, 0) is 4.74 Å². The van der Waals surface area contributed by atoms with Crippen LogP contribution in [0.4, 0.5) is 0 Å². The maximum Gasteiger partial charge on any atom is 0.0966 e. The summed E-state index contributed by atoms with van der Waals surface area (Å²) in [4.78, 5) is 10.1. The molecule has 0 saturated carbocycles. The molecule has 2 atom stereocenters. The fourth-order valence-electron chi connectivity index (χ4n) is 1.12. The Morgan fingerprint density at radius 1 is 1.70 bits per heavy atom. The van der Waals surface area contributed by atoms with Gasteiger partial charge in [0.25, 0.3) is 0 Å². The van der Waals surface area contributed by atoms with E-state index < -0.39 is 0 Å². The Bertz CT molecular complexity index is 118. The van der Waals surface area contributed by atoms with Crippen molar-refractivity contribution >= 4 is 0 Å². The Hall–Kier alpha value is -0.480. The molecule has 0 aromatic heterocycles. The Kier molecular flexibility index (Phi) is 2.77. The van der Waals surface area contributed by atoms with E-state index >= 15 is 0 Å². The molecule has 0 amide bonds. The lowest BCUT2D eigenvalue weighted by atomic mass is 10.0. The first-order valence-corrected chi connectivity index (χ1v) is 3.51. The first-order chi connectivity index (χ1) is 4.86. The summed E-state index contributed by atoms with van der Waals surface area (Å²) in [6.07, 6.45) is 1.50. The van der Waals surface area contributed by atoms with Crippen molar-refractivity contribution in [3.05, 3.63) is 4.91 Å². The molecule has 1 saturated heterocycles. The van der Waals surface area contributed by atoms with Crippen molar-refractivity contribution in [3.8, 4) is 0 Å². The number of nitrogens with zero attached hydrogens (tertiary/aromatic N) is 1. The van der Waals surface area contributed by atoms with Crippen LogP contribution in [0.2, 0.25) is 0 Å². The van der Waals surface area contributed by atoms with Gasteiger partial charge in [0.15, 0.2) is 0 Å². The lowest BCUT2D eigenvalue weighted by molar-refractivity contribution is 0.0141. The second-order valence-corrected chi connectivity index (χ2v) is 2.51. The summed E-state index contributed by atoms with van der Waals surface area (Å²) in [5.41, 5.74) is 5.35. The average molecular weight is 144 g/mol. The van der Waals surface area contributed by atoms with Gasteiger partial charge >= 0.3 is 0 Å².